The van der Waals surface area contributed by atoms with E-state index in [1.54, 1.807) is 0 Å². The molecule has 0 spiro atoms. The van der Waals surface area contributed by atoms with Crippen molar-refractivity contribution in [2.24, 2.45) is 5.73 Å². The molecule has 1 unspecified atom stereocenters. The zero-order chi connectivity index (χ0) is 13.2. The predicted molar refractivity (Wildman–Crippen MR) is 48.5 cm³/mol. The van der Waals surface area contributed by atoms with Gasteiger partial charge < -0.3 is 5.73 Å². The number of nitrogens with two attached hydrogens (primary N) is 1. The Hall–Kier alpha value is -1.24. The van der Waals surface area contributed by atoms with E-state index in [0.717, 1.165) is 0 Å². The first-order chi connectivity index (χ1) is 7.70. The van der Waals surface area contributed by atoms with E-state index in [0.29, 0.717) is 12.1 Å². The van der Waals surface area contributed by atoms with Crippen LogP contribution in [-0.4, -0.2) is 6.18 Å². The molecule has 0 saturated carbocycles. The summed E-state index contributed by atoms with van der Waals surface area (Å²) in [6.45, 7) is 0. The zero-order valence-electron chi connectivity index (χ0n) is 8.49. The van der Waals surface area contributed by atoms with Gasteiger partial charge >= 0.3 is 6.18 Å². The van der Waals surface area contributed by atoms with Gasteiger partial charge in [-0.1, -0.05) is 0 Å². The molecule has 1 aromatic carbocycles. The largest absolute Gasteiger partial charge is 0.389 e. The molecule has 0 aliphatic heterocycles. The first-order valence-electron chi connectivity index (χ1n) is 4.67. The highest BCUT2D eigenvalue weighted by molar-refractivity contribution is 5.23. The maximum absolute atomic E-state index is 13.1. The van der Waals surface area contributed by atoms with Gasteiger partial charge in [-0.2, -0.15) is 13.2 Å². The summed E-state index contributed by atoms with van der Waals surface area (Å²) < 4.78 is 74.5. The molecular formula is C10H9F6N. The zero-order valence-corrected chi connectivity index (χ0v) is 8.49. The molecule has 1 aromatic rings. The Bertz CT molecular complexity index is 377. The number of alkyl halides is 3. The molecule has 96 valence electrons. The van der Waals surface area contributed by atoms with E-state index in [9.17, 15) is 26.3 Å². The van der Waals surface area contributed by atoms with Gasteiger partial charge in [0.15, 0.2) is 0 Å². The molecular weight excluding hydrogens is 248 g/mol. The maximum atomic E-state index is 13.1. The standard InChI is InChI=1S/C10H9F6N/c11-5-3-6(12)9(7(13)4-5)8(17)1-2-10(14,15)16/h3-4,8H,1-2,17H2. The van der Waals surface area contributed by atoms with Crippen LogP contribution < -0.4 is 5.73 Å². The summed E-state index contributed by atoms with van der Waals surface area (Å²) in [5.41, 5.74) is 4.53. The molecule has 7 heteroatoms. The molecule has 1 rings (SSSR count). The number of benzene rings is 1. The Morgan fingerprint density at radius 2 is 1.53 bits per heavy atom. The predicted octanol–water partition coefficient (Wildman–Crippen LogP) is 3.45. The highest BCUT2D eigenvalue weighted by atomic mass is 19.4. The van der Waals surface area contributed by atoms with Gasteiger partial charge in [-0.25, -0.2) is 13.2 Å². The summed E-state index contributed by atoms with van der Waals surface area (Å²) in [5.74, 6) is -3.71. The molecule has 0 aliphatic carbocycles. The fourth-order valence-electron chi connectivity index (χ4n) is 1.37. The monoisotopic (exact) mass is 257 g/mol. The molecule has 0 heterocycles. The van der Waals surface area contributed by atoms with Crippen LogP contribution in [0.2, 0.25) is 0 Å². The molecule has 0 aliphatic rings. The summed E-state index contributed by atoms with van der Waals surface area (Å²) in [4.78, 5) is 0. The minimum atomic E-state index is -4.45. The molecule has 17 heavy (non-hydrogen) atoms. The Morgan fingerprint density at radius 3 is 1.94 bits per heavy atom. The quantitative estimate of drug-likeness (QED) is 0.824. The van der Waals surface area contributed by atoms with Gasteiger partial charge in [-0.15, -0.1) is 0 Å². The van der Waals surface area contributed by atoms with Crippen LogP contribution in [0.5, 0.6) is 0 Å². The van der Waals surface area contributed by atoms with Crippen molar-refractivity contribution in [3.8, 4) is 0 Å². The van der Waals surface area contributed by atoms with E-state index >= 15 is 0 Å². The van der Waals surface area contributed by atoms with E-state index in [2.05, 4.69) is 0 Å². The van der Waals surface area contributed by atoms with Gasteiger partial charge in [0.1, 0.15) is 17.5 Å². The molecule has 0 aromatic heterocycles. The van der Waals surface area contributed by atoms with Crippen LogP contribution >= 0.6 is 0 Å². The second-order valence-corrected chi connectivity index (χ2v) is 3.54. The van der Waals surface area contributed by atoms with Gasteiger partial charge in [0, 0.05) is 30.2 Å². The normalized spacial score (nSPS) is 13.8. The maximum Gasteiger partial charge on any atom is 0.389 e. The Labute approximate surface area is 93.2 Å². The van der Waals surface area contributed by atoms with Crippen molar-refractivity contribution < 1.29 is 26.3 Å². The minimum absolute atomic E-state index is 0.381. The summed E-state index contributed by atoms with van der Waals surface area (Å²) in [5, 5.41) is 0. The SMILES string of the molecule is NC(CCC(F)(F)F)c1c(F)cc(F)cc1F. The van der Waals surface area contributed by atoms with Crippen molar-refractivity contribution in [1.29, 1.82) is 0 Å². The molecule has 1 nitrogen and oxygen atoms in total. The van der Waals surface area contributed by atoms with Crippen LogP contribution in [0.3, 0.4) is 0 Å². The third-order valence-electron chi connectivity index (χ3n) is 2.15. The summed E-state index contributed by atoms with van der Waals surface area (Å²) >= 11 is 0. The van der Waals surface area contributed by atoms with Gasteiger partial charge in [-0.3, -0.25) is 0 Å². The fourth-order valence-corrected chi connectivity index (χ4v) is 1.37. The Morgan fingerprint density at radius 1 is 1.06 bits per heavy atom. The fraction of sp³-hybridized carbons (Fsp3) is 0.400. The number of rotatable bonds is 3. The Kier molecular flexibility index (Phi) is 4.03. The van der Waals surface area contributed by atoms with Crippen molar-refractivity contribution in [2.75, 3.05) is 0 Å². The van der Waals surface area contributed by atoms with Crippen LogP contribution in [0.25, 0.3) is 0 Å². The van der Waals surface area contributed by atoms with E-state index in [1.165, 1.54) is 0 Å². The molecule has 2 N–H and O–H groups in total. The van der Waals surface area contributed by atoms with Crippen LogP contribution in [0.15, 0.2) is 12.1 Å². The lowest BCUT2D eigenvalue weighted by atomic mass is 10.0. The summed E-state index contributed by atoms with van der Waals surface area (Å²) in [6.07, 6.45) is -6.38. The van der Waals surface area contributed by atoms with Crippen LogP contribution in [0.1, 0.15) is 24.4 Å². The first kappa shape index (κ1) is 13.8. The van der Waals surface area contributed by atoms with E-state index in [-0.39, 0.29) is 0 Å². The first-order valence-corrected chi connectivity index (χ1v) is 4.67. The molecule has 1 atom stereocenters. The molecule has 0 amide bonds. The third kappa shape index (κ3) is 3.92. The lowest BCUT2D eigenvalue weighted by molar-refractivity contribution is -0.136. The van der Waals surface area contributed by atoms with Crippen molar-refractivity contribution in [2.45, 2.75) is 25.1 Å². The van der Waals surface area contributed by atoms with E-state index < -0.39 is 48.1 Å². The van der Waals surface area contributed by atoms with Crippen molar-refractivity contribution >= 4 is 0 Å². The number of hydrogen-bond donors (Lipinski definition) is 1. The molecule has 0 radical (unpaired) electrons. The van der Waals surface area contributed by atoms with Gasteiger partial charge in [0.2, 0.25) is 0 Å². The van der Waals surface area contributed by atoms with Crippen molar-refractivity contribution in [1.82, 2.24) is 0 Å². The highest BCUT2D eigenvalue weighted by Crippen LogP contribution is 2.29. The minimum Gasteiger partial charge on any atom is -0.324 e. The second kappa shape index (κ2) is 4.95. The number of hydrogen-bond acceptors (Lipinski definition) is 1. The second-order valence-electron chi connectivity index (χ2n) is 3.54. The van der Waals surface area contributed by atoms with Crippen LogP contribution in [0.4, 0.5) is 26.3 Å². The average Bonchev–Trinajstić information content (AvgIpc) is 2.11. The average molecular weight is 257 g/mol. The van der Waals surface area contributed by atoms with Gasteiger partial charge in [0.05, 0.1) is 0 Å². The van der Waals surface area contributed by atoms with E-state index in [1.807, 2.05) is 0 Å². The molecule has 0 fully saturated rings. The molecule has 0 saturated heterocycles. The van der Waals surface area contributed by atoms with Crippen molar-refractivity contribution in [3.63, 3.8) is 0 Å². The van der Waals surface area contributed by atoms with Crippen LogP contribution in [-0.2, 0) is 0 Å². The Balaban J connectivity index is 2.86. The van der Waals surface area contributed by atoms with Gasteiger partial charge in [0.25, 0.3) is 0 Å². The smallest absolute Gasteiger partial charge is 0.324 e. The van der Waals surface area contributed by atoms with Crippen molar-refractivity contribution in [3.05, 3.63) is 35.1 Å². The third-order valence-corrected chi connectivity index (χ3v) is 2.15. The topological polar surface area (TPSA) is 26.0 Å². The summed E-state index contributed by atoms with van der Waals surface area (Å²) in [7, 11) is 0. The number of halogens is 6. The van der Waals surface area contributed by atoms with E-state index in [4.69, 9.17) is 5.73 Å². The summed E-state index contributed by atoms with van der Waals surface area (Å²) in [6, 6.07) is -0.699. The van der Waals surface area contributed by atoms with Gasteiger partial charge in [-0.05, 0) is 6.42 Å². The lowest BCUT2D eigenvalue weighted by Gasteiger charge is -2.15. The lowest BCUT2D eigenvalue weighted by Crippen LogP contribution is -2.18. The van der Waals surface area contributed by atoms with Crippen LogP contribution in [0, 0.1) is 17.5 Å². The molecule has 0 bridgehead atoms. The highest BCUT2D eigenvalue weighted by Gasteiger charge is 2.29.